The second-order valence-corrected chi connectivity index (χ2v) is 11.0. The molecule has 298 valence electrons. The van der Waals surface area contributed by atoms with E-state index in [0.717, 1.165) is 0 Å². The average molecular weight is 731 g/mol. The lowest BCUT2D eigenvalue weighted by molar-refractivity contribution is -0.149. The zero-order chi connectivity index (χ0) is 36.6. The topological polar surface area (TPSA) is 163 Å². The van der Waals surface area contributed by atoms with Crippen molar-refractivity contribution >= 4 is 11.9 Å². The van der Waals surface area contributed by atoms with Crippen LogP contribution in [-0.2, 0) is 75.9 Å². The zero-order valence-corrected chi connectivity index (χ0v) is 31.1. The van der Waals surface area contributed by atoms with Gasteiger partial charge in [0.15, 0.2) is 0 Å². The highest BCUT2D eigenvalue weighted by Crippen LogP contribution is 1.96. The minimum Gasteiger partial charge on any atom is -0.463 e. The maximum atomic E-state index is 11.3. The summed E-state index contributed by atoms with van der Waals surface area (Å²) < 4.78 is 75.2. The molecule has 0 spiro atoms. The smallest absolute Gasteiger partial charge is 0.308 e. The fraction of sp³-hybridized carbons (Fsp3) is 0.941. The first-order valence-corrected chi connectivity index (χ1v) is 17.7. The van der Waals surface area contributed by atoms with E-state index in [1.807, 2.05) is 0 Å². The summed E-state index contributed by atoms with van der Waals surface area (Å²) in [5, 5.41) is 0. The summed E-state index contributed by atoms with van der Waals surface area (Å²) in [6.45, 7) is 18.9. The van der Waals surface area contributed by atoms with Crippen LogP contribution in [0.15, 0.2) is 0 Å². The third kappa shape index (κ3) is 39.2. The van der Waals surface area contributed by atoms with Gasteiger partial charge in [0.05, 0.1) is 170 Å². The van der Waals surface area contributed by atoms with E-state index in [2.05, 4.69) is 0 Å². The molecule has 0 aromatic carbocycles. The number of hydrogen-bond acceptors (Lipinski definition) is 16. The molecule has 0 N–H and O–H groups in total. The van der Waals surface area contributed by atoms with Gasteiger partial charge in [0.2, 0.25) is 0 Å². The van der Waals surface area contributed by atoms with Crippen LogP contribution >= 0.6 is 0 Å². The number of carbonyl (C=O) groups is 2. The molecular formula is C34H66O16. The van der Waals surface area contributed by atoms with Crippen LogP contribution in [-0.4, -0.2) is 184 Å². The Balaban J connectivity index is 3.09. The molecule has 16 heteroatoms. The number of rotatable bonds is 41. The van der Waals surface area contributed by atoms with E-state index in [1.54, 1.807) is 27.7 Å². The number of carbonyl (C=O) groups excluding carboxylic acids is 2. The molecular weight excluding hydrogens is 664 g/mol. The molecule has 0 aromatic heterocycles. The Kier molecular flexibility index (Phi) is 39.0. The maximum Gasteiger partial charge on any atom is 0.308 e. The van der Waals surface area contributed by atoms with Gasteiger partial charge in [0, 0.05) is 0 Å². The van der Waals surface area contributed by atoms with Gasteiger partial charge in [-0.3, -0.25) is 9.59 Å². The van der Waals surface area contributed by atoms with Crippen molar-refractivity contribution in [3.05, 3.63) is 0 Å². The van der Waals surface area contributed by atoms with E-state index in [4.69, 9.17) is 66.3 Å². The monoisotopic (exact) mass is 730 g/mol. The van der Waals surface area contributed by atoms with Crippen LogP contribution in [0.3, 0.4) is 0 Å². The fourth-order valence-corrected chi connectivity index (χ4v) is 3.26. The van der Waals surface area contributed by atoms with Crippen molar-refractivity contribution in [1.29, 1.82) is 0 Å². The Morgan fingerprint density at radius 2 is 0.380 bits per heavy atom. The number of ether oxygens (including phenoxy) is 14. The van der Waals surface area contributed by atoms with Gasteiger partial charge in [-0.25, -0.2) is 0 Å². The van der Waals surface area contributed by atoms with E-state index in [0.29, 0.717) is 159 Å². The van der Waals surface area contributed by atoms with Gasteiger partial charge in [-0.2, -0.15) is 0 Å². The fourth-order valence-electron chi connectivity index (χ4n) is 3.26. The van der Waals surface area contributed by atoms with E-state index in [9.17, 15) is 9.59 Å². The molecule has 0 rings (SSSR count). The van der Waals surface area contributed by atoms with Gasteiger partial charge in [0.25, 0.3) is 0 Å². The average Bonchev–Trinajstić information content (AvgIpc) is 3.10. The molecule has 0 amide bonds. The summed E-state index contributed by atoms with van der Waals surface area (Å²) in [7, 11) is 0. The van der Waals surface area contributed by atoms with Gasteiger partial charge in [0.1, 0.15) is 13.2 Å². The Hall–Kier alpha value is -1.54. The van der Waals surface area contributed by atoms with Crippen LogP contribution in [0.25, 0.3) is 0 Å². The first-order chi connectivity index (χ1) is 24.4. The second kappa shape index (κ2) is 40.2. The largest absolute Gasteiger partial charge is 0.463 e. The highest BCUT2D eigenvalue weighted by atomic mass is 16.6. The standard InChI is InChI=1S/C34H66O16/c1-31(2)33(35)49-29-27-47-25-23-45-21-19-43-17-15-41-13-11-39-9-7-37-5-6-38-8-10-40-12-14-42-16-18-44-20-22-46-24-26-48-28-30-50-34(36)32(3)4/h31-32H,5-30H2,1-4H3. The van der Waals surface area contributed by atoms with Gasteiger partial charge >= 0.3 is 11.9 Å². The van der Waals surface area contributed by atoms with Crippen molar-refractivity contribution in [2.45, 2.75) is 27.7 Å². The quantitative estimate of drug-likeness (QED) is 0.0658. The first kappa shape index (κ1) is 48.5. The van der Waals surface area contributed by atoms with E-state index >= 15 is 0 Å². The van der Waals surface area contributed by atoms with Crippen molar-refractivity contribution < 1.29 is 75.9 Å². The summed E-state index contributed by atoms with van der Waals surface area (Å²) in [5.74, 6) is -0.702. The summed E-state index contributed by atoms with van der Waals surface area (Å²) >= 11 is 0. The molecule has 0 heterocycles. The lowest BCUT2D eigenvalue weighted by Gasteiger charge is -2.09. The minimum absolute atomic E-state index is 0.129. The Labute approximate surface area is 299 Å². The van der Waals surface area contributed by atoms with Crippen molar-refractivity contribution in [2.75, 3.05) is 172 Å². The van der Waals surface area contributed by atoms with Crippen molar-refractivity contribution in [3.8, 4) is 0 Å². The maximum absolute atomic E-state index is 11.3. The van der Waals surface area contributed by atoms with Crippen molar-refractivity contribution in [2.24, 2.45) is 11.8 Å². The first-order valence-electron chi connectivity index (χ1n) is 17.7. The molecule has 0 unspecified atom stereocenters. The molecule has 0 aliphatic heterocycles. The molecule has 0 radical (unpaired) electrons. The predicted molar refractivity (Wildman–Crippen MR) is 181 cm³/mol. The molecule has 0 saturated heterocycles. The predicted octanol–water partition coefficient (Wildman–Crippen LogP) is 1.58. The summed E-state index contributed by atoms with van der Waals surface area (Å²) in [6, 6.07) is 0. The Morgan fingerprint density at radius 1 is 0.260 bits per heavy atom. The zero-order valence-electron chi connectivity index (χ0n) is 31.1. The molecule has 0 bridgehead atoms. The van der Waals surface area contributed by atoms with Crippen LogP contribution in [0.1, 0.15) is 27.7 Å². The van der Waals surface area contributed by atoms with Crippen LogP contribution < -0.4 is 0 Å². The number of hydrogen-bond donors (Lipinski definition) is 0. The van der Waals surface area contributed by atoms with Crippen LogP contribution in [0.5, 0.6) is 0 Å². The summed E-state index contributed by atoms with van der Waals surface area (Å²) in [4.78, 5) is 22.6. The SMILES string of the molecule is CC(C)C(=O)OCCOCCOCCOCCOCCOCCOCCOCCOCCOCCOCCOCCOCCOC(=O)C(C)C. The minimum atomic E-state index is -0.222. The van der Waals surface area contributed by atoms with Crippen LogP contribution in [0.4, 0.5) is 0 Å². The van der Waals surface area contributed by atoms with Gasteiger partial charge in [-0.1, -0.05) is 27.7 Å². The highest BCUT2D eigenvalue weighted by molar-refractivity contribution is 5.71. The Morgan fingerprint density at radius 3 is 0.500 bits per heavy atom. The molecule has 0 aromatic rings. The molecule has 50 heavy (non-hydrogen) atoms. The van der Waals surface area contributed by atoms with Crippen molar-refractivity contribution in [3.63, 3.8) is 0 Å². The van der Waals surface area contributed by atoms with E-state index < -0.39 is 0 Å². The molecule has 0 fully saturated rings. The molecule has 16 nitrogen and oxygen atoms in total. The third-order valence-corrected chi connectivity index (χ3v) is 5.98. The lowest BCUT2D eigenvalue weighted by Crippen LogP contribution is -2.17. The molecule has 0 saturated carbocycles. The molecule has 0 aliphatic carbocycles. The number of esters is 2. The van der Waals surface area contributed by atoms with Crippen LogP contribution in [0, 0.1) is 11.8 Å². The van der Waals surface area contributed by atoms with Crippen LogP contribution in [0.2, 0.25) is 0 Å². The summed E-state index contributed by atoms with van der Waals surface area (Å²) in [6.07, 6.45) is 0. The molecule has 0 atom stereocenters. The normalized spacial score (nSPS) is 11.6. The van der Waals surface area contributed by atoms with Gasteiger partial charge in [-0.15, -0.1) is 0 Å². The molecule has 0 aliphatic rings. The third-order valence-electron chi connectivity index (χ3n) is 5.98. The Bertz CT molecular complexity index is 655. The van der Waals surface area contributed by atoms with Gasteiger partial charge < -0.3 is 66.3 Å². The van der Waals surface area contributed by atoms with E-state index in [1.165, 1.54) is 0 Å². The van der Waals surface area contributed by atoms with Crippen molar-refractivity contribution in [1.82, 2.24) is 0 Å². The van der Waals surface area contributed by atoms with E-state index in [-0.39, 0.29) is 37.0 Å². The highest BCUT2D eigenvalue weighted by Gasteiger charge is 2.08. The summed E-state index contributed by atoms with van der Waals surface area (Å²) in [5.41, 5.74) is 0. The van der Waals surface area contributed by atoms with Gasteiger partial charge in [-0.05, 0) is 0 Å². The lowest BCUT2D eigenvalue weighted by atomic mass is 10.2. The second-order valence-electron chi connectivity index (χ2n) is 11.0.